The van der Waals surface area contributed by atoms with E-state index in [4.69, 9.17) is 4.52 Å². The highest BCUT2D eigenvalue weighted by Crippen LogP contribution is 2.26. The molecule has 1 saturated heterocycles. The Morgan fingerprint density at radius 1 is 1.50 bits per heavy atom. The zero-order valence-electron chi connectivity index (χ0n) is 11.2. The maximum atomic E-state index is 12.0. The van der Waals surface area contributed by atoms with E-state index in [1.165, 1.54) is 0 Å². The van der Waals surface area contributed by atoms with Gasteiger partial charge >= 0.3 is 0 Å². The second-order valence-electron chi connectivity index (χ2n) is 5.20. The third kappa shape index (κ3) is 2.41. The van der Waals surface area contributed by atoms with E-state index in [0.717, 1.165) is 24.1 Å². The predicted octanol–water partition coefficient (Wildman–Crippen LogP) is 1.21. The number of aliphatic hydroxyl groups is 1. The van der Waals surface area contributed by atoms with Gasteiger partial charge in [0.15, 0.2) is 0 Å². The minimum atomic E-state index is -0.664. The zero-order valence-corrected chi connectivity index (χ0v) is 11.2. The van der Waals surface area contributed by atoms with Crippen LogP contribution in [0.2, 0.25) is 0 Å². The van der Waals surface area contributed by atoms with Crippen molar-refractivity contribution in [3.8, 4) is 0 Å². The van der Waals surface area contributed by atoms with Crippen LogP contribution < -0.4 is 0 Å². The van der Waals surface area contributed by atoms with E-state index in [1.54, 1.807) is 4.90 Å². The van der Waals surface area contributed by atoms with E-state index in [-0.39, 0.29) is 5.91 Å². The van der Waals surface area contributed by atoms with Crippen LogP contribution in [0.4, 0.5) is 0 Å². The summed E-state index contributed by atoms with van der Waals surface area (Å²) < 4.78 is 5.04. The van der Waals surface area contributed by atoms with E-state index in [9.17, 15) is 9.90 Å². The number of amides is 1. The van der Waals surface area contributed by atoms with Crippen molar-refractivity contribution < 1.29 is 14.4 Å². The lowest BCUT2D eigenvalue weighted by atomic mass is 9.89. The molecule has 5 heteroatoms. The molecule has 100 valence electrons. The van der Waals surface area contributed by atoms with Crippen molar-refractivity contribution in [3.05, 3.63) is 17.0 Å². The van der Waals surface area contributed by atoms with Crippen molar-refractivity contribution in [2.75, 3.05) is 13.1 Å². The summed E-state index contributed by atoms with van der Waals surface area (Å²) in [5.74, 6) is 0.732. The lowest BCUT2D eigenvalue weighted by Gasteiger charge is -2.46. The molecule has 1 fully saturated rings. The number of hydrogen-bond acceptors (Lipinski definition) is 4. The summed E-state index contributed by atoms with van der Waals surface area (Å²) >= 11 is 0. The van der Waals surface area contributed by atoms with E-state index >= 15 is 0 Å². The molecule has 0 radical (unpaired) electrons. The molecule has 2 rings (SSSR count). The summed E-state index contributed by atoms with van der Waals surface area (Å²) in [6, 6.07) is 0. The average Bonchev–Trinajstić information content (AvgIpc) is 2.57. The van der Waals surface area contributed by atoms with Gasteiger partial charge in [0.1, 0.15) is 5.76 Å². The van der Waals surface area contributed by atoms with Crippen LogP contribution in [0, 0.1) is 13.8 Å². The maximum absolute atomic E-state index is 12.0. The average molecular weight is 252 g/mol. The minimum absolute atomic E-state index is 0.0326. The first-order valence-corrected chi connectivity index (χ1v) is 6.37. The smallest absolute Gasteiger partial charge is 0.227 e. The van der Waals surface area contributed by atoms with Crippen LogP contribution in [-0.2, 0) is 11.2 Å². The van der Waals surface area contributed by atoms with Gasteiger partial charge in [-0.1, -0.05) is 18.5 Å². The van der Waals surface area contributed by atoms with Crippen LogP contribution in [0.3, 0.4) is 0 Å². The van der Waals surface area contributed by atoms with E-state index in [2.05, 4.69) is 5.16 Å². The molecule has 0 aliphatic carbocycles. The lowest BCUT2D eigenvalue weighted by molar-refractivity contribution is -0.155. The molecule has 1 aromatic heterocycles. The minimum Gasteiger partial charge on any atom is -0.386 e. The van der Waals surface area contributed by atoms with Crippen molar-refractivity contribution in [3.63, 3.8) is 0 Å². The molecular formula is C13H20N2O3. The van der Waals surface area contributed by atoms with Gasteiger partial charge in [0.2, 0.25) is 5.91 Å². The maximum Gasteiger partial charge on any atom is 0.227 e. The van der Waals surface area contributed by atoms with Crippen molar-refractivity contribution >= 4 is 5.91 Å². The third-order valence-electron chi connectivity index (χ3n) is 3.55. The van der Waals surface area contributed by atoms with Gasteiger partial charge in [-0.2, -0.15) is 0 Å². The summed E-state index contributed by atoms with van der Waals surface area (Å²) in [7, 11) is 0. The van der Waals surface area contributed by atoms with Gasteiger partial charge in [-0.05, 0) is 20.3 Å². The fourth-order valence-corrected chi connectivity index (χ4v) is 2.48. The number of hydrogen-bond donors (Lipinski definition) is 1. The van der Waals surface area contributed by atoms with Gasteiger partial charge in [0, 0.05) is 5.56 Å². The molecule has 1 aromatic rings. The number of carbonyl (C=O) groups excluding carboxylic acids is 1. The van der Waals surface area contributed by atoms with Crippen molar-refractivity contribution in [2.24, 2.45) is 0 Å². The molecule has 2 heterocycles. The predicted molar refractivity (Wildman–Crippen MR) is 66.1 cm³/mol. The summed E-state index contributed by atoms with van der Waals surface area (Å²) in [5, 5.41) is 13.9. The first-order valence-electron chi connectivity index (χ1n) is 6.37. The van der Waals surface area contributed by atoms with Gasteiger partial charge in [-0.25, -0.2) is 0 Å². The Labute approximate surface area is 107 Å². The number of aryl methyl sites for hydroxylation is 2. The first-order chi connectivity index (χ1) is 8.45. The van der Waals surface area contributed by atoms with Crippen LogP contribution >= 0.6 is 0 Å². The normalized spacial score (nSPS) is 17.7. The van der Waals surface area contributed by atoms with E-state index in [1.807, 2.05) is 20.8 Å². The highest BCUT2D eigenvalue weighted by Gasteiger charge is 2.42. The summed E-state index contributed by atoms with van der Waals surface area (Å²) in [5.41, 5.74) is 0.972. The van der Waals surface area contributed by atoms with Crippen LogP contribution in [0.25, 0.3) is 0 Å². The Bertz CT molecular complexity index is 428. The molecule has 0 saturated carbocycles. The molecule has 5 nitrogen and oxygen atoms in total. The topological polar surface area (TPSA) is 66.6 Å². The lowest BCUT2D eigenvalue weighted by Crippen LogP contribution is -2.63. The van der Waals surface area contributed by atoms with Crippen LogP contribution in [0.5, 0.6) is 0 Å². The fourth-order valence-electron chi connectivity index (χ4n) is 2.48. The van der Waals surface area contributed by atoms with Crippen molar-refractivity contribution in [2.45, 2.75) is 45.6 Å². The van der Waals surface area contributed by atoms with Gasteiger partial charge < -0.3 is 14.5 Å². The molecule has 0 bridgehead atoms. The van der Waals surface area contributed by atoms with Crippen LogP contribution in [0.1, 0.15) is 36.8 Å². The molecule has 18 heavy (non-hydrogen) atoms. The summed E-state index contributed by atoms with van der Waals surface area (Å²) in [6.45, 7) is 6.58. The summed E-state index contributed by atoms with van der Waals surface area (Å²) in [6.07, 6.45) is 1.99. The van der Waals surface area contributed by atoms with E-state index in [0.29, 0.717) is 25.3 Å². The standard InChI is InChI=1S/C13H20N2O3/c1-4-5-13(17)7-15(8-13)12(16)6-11-9(2)14-18-10(11)3/h17H,4-8H2,1-3H3. The quantitative estimate of drug-likeness (QED) is 0.874. The molecule has 0 aromatic carbocycles. The Morgan fingerprint density at radius 3 is 2.67 bits per heavy atom. The Kier molecular flexibility index (Phi) is 3.43. The largest absolute Gasteiger partial charge is 0.386 e. The second-order valence-corrected chi connectivity index (χ2v) is 5.20. The SMILES string of the molecule is CCCC1(O)CN(C(=O)Cc2c(C)noc2C)C1. The molecule has 0 unspecified atom stereocenters. The van der Waals surface area contributed by atoms with Gasteiger partial charge in [-0.15, -0.1) is 0 Å². The molecule has 0 atom stereocenters. The third-order valence-corrected chi connectivity index (χ3v) is 3.55. The van der Waals surface area contributed by atoms with Gasteiger partial charge in [0.05, 0.1) is 30.8 Å². The Morgan fingerprint density at radius 2 is 2.17 bits per heavy atom. The van der Waals surface area contributed by atoms with Crippen molar-refractivity contribution in [1.82, 2.24) is 10.1 Å². The van der Waals surface area contributed by atoms with E-state index < -0.39 is 5.60 Å². The molecule has 1 aliphatic rings. The number of rotatable bonds is 4. The van der Waals surface area contributed by atoms with Gasteiger partial charge in [0.25, 0.3) is 0 Å². The molecule has 1 aliphatic heterocycles. The molecular weight excluding hydrogens is 232 g/mol. The number of β-amino-alcohol motifs (C(OH)–C–C–N with tert-alkyl or cyclic N) is 1. The van der Waals surface area contributed by atoms with Crippen LogP contribution in [0.15, 0.2) is 4.52 Å². The number of carbonyl (C=O) groups is 1. The molecule has 0 spiro atoms. The fraction of sp³-hybridized carbons (Fsp3) is 0.692. The highest BCUT2D eigenvalue weighted by atomic mass is 16.5. The van der Waals surface area contributed by atoms with Crippen LogP contribution in [-0.4, -0.2) is 39.8 Å². The number of nitrogens with zero attached hydrogens (tertiary/aromatic N) is 2. The number of likely N-dealkylation sites (tertiary alicyclic amines) is 1. The summed E-state index contributed by atoms with van der Waals surface area (Å²) in [4.78, 5) is 13.7. The monoisotopic (exact) mass is 252 g/mol. The molecule has 1 amide bonds. The zero-order chi connectivity index (χ0) is 13.3. The van der Waals surface area contributed by atoms with Gasteiger partial charge in [-0.3, -0.25) is 4.79 Å². The molecule has 1 N–H and O–H groups in total. The first kappa shape index (κ1) is 13.1. The second kappa shape index (κ2) is 4.72. The Hall–Kier alpha value is -1.36. The number of aromatic nitrogens is 1. The highest BCUT2D eigenvalue weighted by molar-refractivity contribution is 5.80. The Balaban J connectivity index is 1.92. The van der Waals surface area contributed by atoms with Crippen molar-refractivity contribution in [1.29, 1.82) is 0 Å².